The number of phenols is 1. The summed E-state index contributed by atoms with van der Waals surface area (Å²) in [6.45, 7) is 0. The van der Waals surface area contributed by atoms with Gasteiger partial charge in [0.1, 0.15) is 5.52 Å². The van der Waals surface area contributed by atoms with Crippen molar-refractivity contribution in [3.05, 3.63) is 28.1 Å². The first-order chi connectivity index (χ1) is 11.0. The maximum Gasteiger partial charge on any atom is 0.314 e. The second-order valence-corrected chi connectivity index (χ2v) is 5.64. The van der Waals surface area contributed by atoms with Gasteiger partial charge in [0.15, 0.2) is 17.2 Å². The van der Waals surface area contributed by atoms with Crippen LogP contribution in [0.3, 0.4) is 0 Å². The molecule has 1 heterocycles. The van der Waals surface area contributed by atoms with Crippen molar-refractivity contribution in [3.63, 3.8) is 0 Å². The van der Waals surface area contributed by atoms with Gasteiger partial charge in [-0.25, -0.2) is 4.98 Å². The molecule has 0 spiro atoms. The number of methoxy groups -OCH3 is 1. The lowest BCUT2D eigenvalue weighted by Gasteiger charge is -2.26. The van der Waals surface area contributed by atoms with Crippen LogP contribution in [0.15, 0.2) is 16.5 Å². The molecule has 1 N–H and O–H groups in total. The predicted molar refractivity (Wildman–Crippen MR) is 79.0 cm³/mol. The molecule has 1 aromatic carbocycles. The molecule has 2 unspecified atom stereocenters. The van der Waals surface area contributed by atoms with Crippen LogP contribution in [-0.2, 0) is 9.53 Å². The predicted octanol–water partition coefficient (Wildman–Crippen LogP) is 2.89. The number of hydrogen-bond acceptors (Lipinski definition) is 7. The van der Waals surface area contributed by atoms with E-state index in [4.69, 9.17) is 9.15 Å². The molecular weight excluding hydrogens is 304 g/mol. The van der Waals surface area contributed by atoms with E-state index in [1.54, 1.807) is 0 Å². The number of carbonyl (C=O) groups excluding carboxylic acids is 1. The summed E-state index contributed by atoms with van der Waals surface area (Å²) in [7, 11) is 1.35. The number of phenolic OH excluding ortho intramolecular Hbond substituents is 1. The Bertz CT molecular complexity index is 769. The number of benzene rings is 1. The number of aromatic nitrogens is 1. The van der Waals surface area contributed by atoms with Gasteiger partial charge in [0.2, 0.25) is 0 Å². The summed E-state index contributed by atoms with van der Waals surface area (Å²) in [6, 6.07) is 2.35. The standard InChI is InChI=1S/C15H16N2O6/c1-22-15(19)9-5-3-2-4-8(9)14-16-10-6-12(18)11(17(20)21)7-13(10)23-14/h6-9,18H,2-5H2,1H3. The van der Waals surface area contributed by atoms with Gasteiger partial charge in [-0.2, -0.15) is 0 Å². The van der Waals surface area contributed by atoms with Crippen LogP contribution in [0.4, 0.5) is 5.69 Å². The molecule has 1 aliphatic carbocycles. The number of ether oxygens (including phenoxy) is 1. The molecular formula is C15H16N2O6. The SMILES string of the molecule is COC(=O)C1CCCCC1c1nc2cc(O)c([N+](=O)[O-])cc2o1. The van der Waals surface area contributed by atoms with Gasteiger partial charge < -0.3 is 14.3 Å². The molecule has 2 aromatic rings. The Kier molecular flexibility index (Phi) is 3.89. The van der Waals surface area contributed by atoms with Crippen molar-refractivity contribution in [3.8, 4) is 5.75 Å². The van der Waals surface area contributed by atoms with E-state index in [9.17, 15) is 20.0 Å². The van der Waals surface area contributed by atoms with Crippen LogP contribution in [0, 0.1) is 16.0 Å². The van der Waals surface area contributed by atoms with Gasteiger partial charge in [-0.3, -0.25) is 14.9 Å². The minimum Gasteiger partial charge on any atom is -0.502 e. The van der Waals surface area contributed by atoms with Gasteiger partial charge >= 0.3 is 11.7 Å². The summed E-state index contributed by atoms with van der Waals surface area (Å²) < 4.78 is 10.5. The molecule has 8 nitrogen and oxygen atoms in total. The number of fused-ring (bicyclic) bond motifs is 1. The summed E-state index contributed by atoms with van der Waals surface area (Å²) in [5.74, 6) is -0.952. The summed E-state index contributed by atoms with van der Waals surface area (Å²) in [6.07, 6.45) is 3.31. The van der Waals surface area contributed by atoms with E-state index < -0.39 is 16.4 Å². The molecule has 1 aromatic heterocycles. The maximum atomic E-state index is 11.9. The molecule has 0 saturated heterocycles. The van der Waals surface area contributed by atoms with Crippen molar-refractivity contribution in [2.75, 3.05) is 7.11 Å². The van der Waals surface area contributed by atoms with Gasteiger partial charge in [0.25, 0.3) is 0 Å². The highest BCUT2D eigenvalue weighted by molar-refractivity contribution is 5.79. The van der Waals surface area contributed by atoms with Crippen LogP contribution < -0.4 is 0 Å². The van der Waals surface area contributed by atoms with E-state index in [2.05, 4.69) is 4.98 Å². The van der Waals surface area contributed by atoms with E-state index in [0.717, 1.165) is 25.3 Å². The molecule has 1 fully saturated rings. The van der Waals surface area contributed by atoms with E-state index in [1.807, 2.05) is 0 Å². The zero-order valence-corrected chi connectivity index (χ0v) is 12.5. The normalized spacial score (nSPS) is 21.3. The molecule has 122 valence electrons. The lowest BCUT2D eigenvalue weighted by Crippen LogP contribution is -2.26. The number of esters is 1. The van der Waals surface area contributed by atoms with Gasteiger partial charge in [0.05, 0.1) is 24.0 Å². The molecule has 0 amide bonds. The zero-order valence-electron chi connectivity index (χ0n) is 12.5. The highest BCUT2D eigenvalue weighted by Crippen LogP contribution is 2.40. The third-order valence-corrected chi connectivity index (χ3v) is 4.29. The van der Waals surface area contributed by atoms with Gasteiger partial charge in [0, 0.05) is 12.0 Å². The largest absolute Gasteiger partial charge is 0.502 e. The Morgan fingerprint density at radius 1 is 1.43 bits per heavy atom. The number of rotatable bonds is 3. The van der Waals surface area contributed by atoms with Gasteiger partial charge in [-0.05, 0) is 12.8 Å². The molecule has 3 rings (SSSR count). The van der Waals surface area contributed by atoms with Crippen molar-refractivity contribution in [2.24, 2.45) is 5.92 Å². The molecule has 0 aliphatic heterocycles. The Balaban J connectivity index is 2.01. The van der Waals surface area contributed by atoms with Gasteiger partial charge in [-0.1, -0.05) is 12.8 Å². The highest BCUT2D eigenvalue weighted by atomic mass is 16.6. The topological polar surface area (TPSA) is 116 Å². The highest BCUT2D eigenvalue weighted by Gasteiger charge is 2.36. The van der Waals surface area contributed by atoms with Crippen molar-refractivity contribution in [2.45, 2.75) is 31.6 Å². The van der Waals surface area contributed by atoms with E-state index in [-0.39, 0.29) is 23.4 Å². The summed E-state index contributed by atoms with van der Waals surface area (Å²) in [5.41, 5.74) is 0.115. The summed E-state index contributed by atoms with van der Waals surface area (Å²) >= 11 is 0. The number of oxazole rings is 1. The lowest BCUT2D eigenvalue weighted by molar-refractivity contribution is -0.385. The average molecular weight is 320 g/mol. The fraction of sp³-hybridized carbons (Fsp3) is 0.467. The first-order valence-electron chi connectivity index (χ1n) is 7.37. The molecule has 23 heavy (non-hydrogen) atoms. The maximum absolute atomic E-state index is 11.9. The Morgan fingerprint density at radius 3 is 2.87 bits per heavy atom. The minimum atomic E-state index is -0.686. The third-order valence-electron chi connectivity index (χ3n) is 4.29. The van der Waals surface area contributed by atoms with E-state index in [1.165, 1.54) is 13.2 Å². The number of nitrogens with zero attached hydrogens (tertiary/aromatic N) is 2. The molecule has 8 heteroatoms. The van der Waals surface area contributed by atoms with Gasteiger partial charge in [-0.15, -0.1) is 0 Å². The Hall–Kier alpha value is -2.64. The second-order valence-electron chi connectivity index (χ2n) is 5.64. The van der Waals surface area contributed by atoms with Crippen molar-refractivity contribution < 1.29 is 24.0 Å². The molecule has 1 aliphatic rings. The first-order valence-corrected chi connectivity index (χ1v) is 7.37. The number of nitro benzene ring substituents is 1. The van der Waals surface area contributed by atoms with Crippen LogP contribution in [0.1, 0.15) is 37.5 Å². The van der Waals surface area contributed by atoms with E-state index >= 15 is 0 Å². The smallest absolute Gasteiger partial charge is 0.314 e. The Morgan fingerprint density at radius 2 is 2.17 bits per heavy atom. The van der Waals surface area contributed by atoms with E-state index in [0.29, 0.717) is 17.8 Å². The second kappa shape index (κ2) is 5.86. The summed E-state index contributed by atoms with van der Waals surface area (Å²) in [5, 5.41) is 20.6. The summed E-state index contributed by atoms with van der Waals surface area (Å²) in [4.78, 5) is 26.4. The minimum absolute atomic E-state index is 0.218. The van der Waals surface area contributed by atoms with Crippen LogP contribution in [0.2, 0.25) is 0 Å². The van der Waals surface area contributed by atoms with Crippen LogP contribution >= 0.6 is 0 Å². The molecule has 2 atom stereocenters. The molecule has 0 bridgehead atoms. The van der Waals surface area contributed by atoms with Crippen LogP contribution in [0.25, 0.3) is 11.1 Å². The zero-order chi connectivity index (χ0) is 16.6. The van der Waals surface area contributed by atoms with Crippen LogP contribution in [0.5, 0.6) is 5.75 Å². The van der Waals surface area contributed by atoms with Crippen molar-refractivity contribution in [1.82, 2.24) is 4.98 Å². The van der Waals surface area contributed by atoms with Crippen molar-refractivity contribution in [1.29, 1.82) is 0 Å². The first kappa shape index (κ1) is 15.3. The molecule has 1 saturated carbocycles. The number of carbonyl (C=O) groups is 1. The number of aromatic hydroxyl groups is 1. The molecule has 0 radical (unpaired) electrons. The average Bonchev–Trinajstić information content (AvgIpc) is 2.95. The third kappa shape index (κ3) is 2.71. The Labute approximate surface area is 131 Å². The lowest BCUT2D eigenvalue weighted by atomic mass is 9.79. The number of nitro groups is 1. The fourth-order valence-corrected chi connectivity index (χ4v) is 3.13. The van der Waals surface area contributed by atoms with Crippen LogP contribution in [-0.4, -0.2) is 28.1 Å². The number of hydrogen-bond donors (Lipinski definition) is 1. The van der Waals surface area contributed by atoms with Crippen molar-refractivity contribution >= 4 is 22.8 Å². The fourth-order valence-electron chi connectivity index (χ4n) is 3.13. The quantitative estimate of drug-likeness (QED) is 0.525. The monoisotopic (exact) mass is 320 g/mol.